The summed E-state index contributed by atoms with van der Waals surface area (Å²) in [6, 6.07) is -1.38. The number of amides is 2. The Bertz CT molecular complexity index is 437. The maximum Gasteiger partial charge on any atom is 0.326 e. The van der Waals surface area contributed by atoms with Crippen LogP contribution in [0.25, 0.3) is 0 Å². The minimum absolute atomic E-state index is 0.116. The van der Waals surface area contributed by atoms with Crippen molar-refractivity contribution in [2.45, 2.75) is 50.6 Å². The Kier molecular flexibility index (Phi) is 5.76. The summed E-state index contributed by atoms with van der Waals surface area (Å²) in [5.74, 6) is -1.27. The lowest BCUT2D eigenvalue weighted by Gasteiger charge is -2.26. The number of carboxylic acid groups (broad SMARTS) is 1. The van der Waals surface area contributed by atoms with Gasteiger partial charge in [-0.3, -0.25) is 9.59 Å². The zero-order valence-electron chi connectivity index (χ0n) is 12.9. The molecule has 7 nitrogen and oxygen atoms in total. The zero-order valence-corrected chi connectivity index (χ0v) is 12.9. The fraction of sp³-hybridized carbons (Fsp3) is 0.800. The van der Waals surface area contributed by atoms with Gasteiger partial charge in [0.2, 0.25) is 11.8 Å². The van der Waals surface area contributed by atoms with Crippen molar-refractivity contribution >= 4 is 17.8 Å². The molecular formula is C15H25N3O4. The molecule has 124 valence electrons. The first-order valence-electron chi connectivity index (χ1n) is 7.99. The third kappa shape index (κ3) is 4.69. The van der Waals surface area contributed by atoms with Crippen LogP contribution in [0.3, 0.4) is 0 Å². The van der Waals surface area contributed by atoms with Gasteiger partial charge in [-0.1, -0.05) is 12.8 Å². The van der Waals surface area contributed by atoms with Gasteiger partial charge in [0.1, 0.15) is 6.04 Å². The van der Waals surface area contributed by atoms with Crippen LogP contribution in [-0.4, -0.2) is 48.6 Å². The van der Waals surface area contributed by atoms with Crippen LogP contribution in [0.5, 0.6) is 0 Å². The molecule has 2 aliphatic rings. The van der Waals surface area contributed by atoms with Gasteiger partial charge in [-0.05, 0) is 38.6 Å². The molecule has 1 saturated carbocycles. The van der Waals surface area contributed by atoms with Gasteiger partial charge in [0.15, 0.2) is 0 Å². The minimum Gasteiger partial charge on any atom is -0.480 e. The summed E-state index contributed by atoms with van der Waals surface area (Å²) in [4.78, 5) is 35.4. The number of rotatable bonds is 8. The first kappa shape index (κ1) is 16.7. The molecule has 2 amide bonds. The summed E-state index contributed by atoms with van der Waals surface area (Å²) >= 11 is 0. The van der Waals surface area contributed by atoms with Crippen molar-refractivity contribution in [3.8, 4) is 0 Å². The number of hydrogen-bond donors (Lipinski definition) is 4. The van der Waals surface area contributed by atoms with E-state index in [1.807, 2.05) is 0 Å². The monoisotopic (exact) mass is 311 g/mol. The number of nitrogens with one attached hydrogen (secondary N) is 3. The van der Waals surface area contributed by atoms with Gasteiger partial charge in [-0.25, -0.2) is 4.79 Å². The Morgan fingerprint density at radius 2 is 2.00 bits per heavy atom. The molecule has 7 heteroatoms. The summed E-state index contributed by atoms with van der Waals surface area (Å²) in [6.45, 7) is 0.642. The third-order valence-corrected chi connectivity index (χ3v) is 4.47. The molecule has 3 atom stereocenters. The molecule has 0 aromatic heterocycles. The van der Waals surface area contributed by atoms with Gasteiger partial charge < -0.3 is 21.1 Å². The molecule has 2 fully saturated rings. The Morgan fingerprint density at radius 3 is 2.55 bits per heavy atom. The number of carbonyl (C=O) groups excluding carboxylic acids is 2. The molecule has 0 radical (unpaired) electrons. The van der Waals surface area contributed by atoms with Crippen LogP contribution >= 0.6 is 0 Å². The van der Waals surface area contributed by atoms with Crippen molar-refractivity contribution in [3.05, 3.63) is 0 Å². The molecule has 3 unspecified atom stereocenters. The normalized spacial score (nSPS) is 24.2. The van der Waals surface area contributed by atoms with E-state index in [-0.39, 0.29) is 30.2 Å². The predicted octanol–water partition coefficient (Wildman–Crippen LogP) is -0.140. The van der Waals surface area contributed by atoms with E-state index in [0.29, 0.717) is 18.9 Å². The zero-order chi connectivity index (χ0) is 16.1. The van der Waals surface area contributed by atoms with E-state index >= 15 is 0 Å². The average Bonchev–Trinajstić information content (AvgIpc) is 3.30. The fourth-order valence-electron chi connectivity index (χ4n) is 2.88. The second-order valence-corrected chi connectivity index (χ2v) is 6.29. The lowest BCUT2D eigenvalue weighted by molar-refractivity contribution is -0.143. The van der Waals surface area contributed by atoms with Crippen LogP contribution in [0.1, 0.15) is 38.5 Å². The highest BCUT2D eigenvalue weighted by atomic mass is 16.4. The SMILES string of the molecule is CNC(CC1CC1)C(=O)NC(CC1CCCNC1=O)C(=O)O. The Labute approximate surface area is 130 Å². The van der Waals surface area contributed by atoms with Gasteiger partial charge in [0.05, 0.1) is 6.04 Å². The van der Waals surface area contributed by atoms with E-state index in [1.165, 1.54) is 0 Å². The summed E-state index contributed by atoms with van der Waals surface area (Å²) in [7, 11) is 1.71. The highest BCUT2D eigenvalue weighted by Gasteiger charge is 2.33. The molecule has 1 heterocycles. The molecule has 0 aromatic rings. The Hall–Kier alpha value is -1.63. The summed E-state index contributed by atoms with van der Waals surface area (Å²) in [5, 5.41) is 17.6. The third-order valence-electron chi connectivity index (χ3n) is 4.47. The number of hydrogen-bond acceptors (Lipinski definition) is 4. The molecule has 2 rings (SSSR count). The number of piperidine rings is 1. The minimum atomic E-state index is -1.09. The lowest BCUT2D eigenvalue weighted by Crippen LogP contribution is -2.51. The Balaban J connectivity index is 1.90. The van der Waals surface area contributed by atoms with E-state index < -0.39 is 12.0 Å². The predicted molar refractivity (Wildman–Crippen MR) is 80.1 cm³/mol. The van der Waals surface area contributed by atoms with E-state index in [4.69, 9.17) is 0 Å². The van der Waals surface area contributed by atoms with E-state index in [1.54, 1.807) is 7.05 Å². The molecule has 22 heavy (non-hydrogen) atoms. The number of likely N-dealkylation sites (N-methyl/N-ethyl adjacent to an activating group) is 1. The second-order valence-electron chi connectivity index (χ2n) is 6.29. The van der Waals surface area contributed by atoms with E-state index in [9.17, 15) is 19.5 Å². The van der Waals surface area contributed by atoms with E-state index in [2.05, 4.69) is 16.0 Å². The highest BCUT2D eigenvalue weighted by Crippen LogP contribution is 2.33. The first-order valence-corrected chi connectivity index (χ1v) is 7.99. The second kappa shape index (κ2) is 7.58. The largest absolute Gasteiger partial charge is 0.480 e. The molecule has 0 aromatic carbocycles. The van der Waals surface area contributed by atoms with Gasteiger partial charge in [0.25, 0.3) is 0 Å². The van der Waals surface area contributed by atoms with Crippen LogP contribution in [0.15, 0.2) is 0 Å². The van der Waals surface area contributed by atoms with Gasteiger partial charge >= 0.3 is 5.97 Å². The maximum atomic E-state index is 12.2. The molecule has 0 bridgehead atoms. The van der Waals surface area contributed by atoms with Crippen molar-refractivity contribution in [2.24, 2.45) is 11.8 Å². The van der Waals surface area contributed by atoms with Crippen LogP contribution in [0.4, 0.5) is 0 Å². The summed E-state index contributed by atoms with van der Waals surface area (Å²) in [6.07, 6.45) is 4.66. The topological polar surface area (TPSA) is 108 Å². The van der Waals surface area contributed by atoms with Crippen molar-refractivity contribution in [2.75, 3.05) is 13.6 Å². The van der Waals surface area contributed by atoms with Crippen LogP contribution in [0, 0.1) is 11.8 Å². The number of aliphatic carboxylic acids is 1. The van der Waals surface area contributed by atoms with E-state index in [0.717, 1.165) is 25.7 Å². The first-order chi connectivity index (χ1) is 10.5. The van der Waals surface area contributed by atoms with Crippen molar-refractivity contribution in [1.29, 1.82) is 0 Å². The average molecular weight is 311 g/mol. The van der Waals surface area contributed by atoms with Gasteiger partial charge in [0, 0.05) is 12.5 Å². The molecule has 1 aliphatic carbocycles. The smallest absolute Gasteiger partial charge is 0.326 e. The van der Waals surface area contributed by atoms with Crippen LogP contribution in [0.2, 0.25) is 0 Å². The summed E-state index contributed by atoms with van der Waals surface area (Å²) in [5.41, 5.74) is 0. The van der Waals surface area contributed by atoms with Gasteiger partial charge in [-0.2, -0.15) is 0 Å². The van der Waals surface area contributed by atoms with Crippen molar-refractivity contribution in [3.63, 3.8) is 0 Å². The standard InChI is InChI=1S/C15H25N3O4/c1-16-11(7-9-4-5-9)14(20)18-12(15(21)22)8-10-3-2-6-17-13(10)19/h9-12,16H,2-8H2,1H3,(H,17,19)(H,18,20)(H,21,22). The molecule has 4 N–H and O–H groups in total. The van der Waals surface area contributed by atoms with Crippen LogP contribution < -0.4 is 16.0 Å². The van der Waals surface area contributed by atoms with Gasteiger partial charge in [-0.15, -0.1) is 0 Å². The van der Waals surface area contributed by atoms with Crippen LogP contribution in [-0.2, 0) is 14.4 Å². The van der Waals surface area contributed by atoms with Crippen molar-refractivity contribution in [1.82, 2.24) is 16.0 Å². The quantitative estimate of drug-likeness (QED) is 0.499. The van der Waals surface area contributed by atoms with Crippen molar-refractivity contribution < 1.29 is 19.5 Å². The molecule has 0 spiro atoms. The highest BCUT2D eigenvalue weighted by molar-refractivity contribution is 5.87. The maximum absolute atomic E-state index is 12.2. The fourth-order valence-corrected chi connectivity index (χ4v) is 2.88. The Morgan fingerprint density at radius 1 is 1.27 bits per heavy atom. The molecular weight excluding hydrogens is 286 g/mol. The molecule has 1 saturated heterocycles. The summed E-state index contributed by atoms with van der Waals surface area (Å²) < 4.78 is 0. The number of carboxylic acids is 1. The lowest BCUT2D eigenvalue weighted by atomic mass is 9.91. The number of carbonyl (C=O) groups is 3. The molecule has 1 aliphatic heterocycles.